The highest BCUT2D eigenvalue weighted by Crippen LogP contribution is 1.96. The molecule has 0 bridgehead atoms. The van der Waals surface area contributed by atoms with Crippen LogP contribution in [0.1, 0.15) is 71.2 Å². The Morgan fingerprint density at radius 1 is 0.545 bits per heavy atom. The molecule has 0 rings (SSSR count). The fraction of sp³-hybridized carbons (Fsp3) is 1.00. The van der Waals surface area contributed by atoms with Crippen LogP contribution >= 0.6 is 0 Å². The lowest BCUT2D eigenvalue weighted by atomic mass is 10.3. The quantitative estimate of drug-likeness (QED) is 0.596. The molecule has 0 heterocycles. The molecule has 0 aliphatic carbocycles. The van der Waals surface area contributed by atoms with E-state index < -0.39 is 0 Å². The largest absolute Gasteiger partial charge is 0.396 e. The van der Waals surface area contributed by atoms with Crippen molar-refractivity contribution in [2.45, 2.75) is 71.2 Å². The molecule has 0 aliphatic heterocycles. The third-order valence-electron chi connectivity index (χ3n) is 2.89. The number of rotatable bonds is 11. The maximum Gasteiger partial charge on any atom is 0.0443 e. The number of nitrogens with zero attached hydrogens (tertiary/aromatic N) is 2. The van der Waals surface area contributed by atoms with Crippen molar-refractivity contribution in [1.29, 1.82) is 0 Å². The van der Waals surface area contributed by atoms with E-state index in [9.17, 15) is 0 Å². The van der Waals surface area contributed by atoms with E-state index in [-0.39, 0.29) is 57.8 Å². The molecule has 0 saturated carbocycles. The van der Waals surface area contributed by atoms with Crippen molar-refractivity contribution in [3.63, 3.8) is 0 Å². The van der Waals surface area contributed by atoms with E-state index in [1.807, 2.05) is 0 Å². The Morgan fingerprint density at radius 2 is 0.864 bits per heavy atom. The molecule has 0 aromatic heterocycles. The molecule has 22 heavy (non-hydrogen) atoms. The van der Waals surface area contributed by atoms with Gasteiger partial charge in [0.2, 0.25) is 0 Å². The van der Waals surface area contributed by atoms with Crippen molar-refractivity contribution in [3.05, 3.63) is 0 Å². The van der Waals surface area contributed by atoms with E-state index in [4.69, 9.17) is 10.2 Å². The van der Waals surface area contributed by atoms with Crippen molar-refractivity contribution in [3.8, 4) is 0 Å². The first kappa shape index (κ1) is 43.1. The zero-order valence-electron chi connectivity index (χ0n) is 10.9. The summed E-state index contributed by atoms with van der Waals surface area (Å²) in [6.45, 7) is 11.0. The Bertz CT molecular complexity index is 135. The van der Waals surface area contributed by atoms with Gasteiger partial charge in [-0.05, 0) is 25.9 Å². The summed E-state index contributed by atoms with van der Waals surface area (Å²) < 4.78 is 0. The number of aliphatic hydroxyl groups excluding tert-OH is 2. The fourth-order valence-electron chi connectivity index (χ4n) is 1.75. The second-order valence-corrected chi connectivity index (χ2v) is 4.02. The maximum atomic E-state index is 8.82. The molecule has 0 atom stereocenters. The van der Waals surface area contributed by atoms with Crippen LogP contribution in [0.25, 0.3) is 0 Å². The molecule has 0 spiro atoms. The second kappa shape index (κ2) is 32.7. The first-order chi connectivity index (χ1) is 7.78. The Hall–Kier alpha value is -0.160. The average molecular weight is 329 g/mol. The summed E-state index contributed by atoms with van der Waals surface area (Å²) in [7, 11) is 0. The van der Waals surface area contributed by atoms with E-state index in [0.29, 0.717) is 0 Å². The van der Waals surface area contributed by atoms with Crippen LogP contribution in [0.5, 0.6) is 0 Å². The topological polar surface area (TPSA) is 46.9 Å². The molecule has 0 aromatic rings. The molecule has 4 nitrogen and oxygen atoms in total. The van der Waals surface area contributed by atoms with Gasteiger partial charge in [-0.25, -0.2) is 0 Å². The van der Waals surface area contributed by atoms with Crippen molar-refractivity contribution < 1.29 is 10.2 Å². The molecule has 146 valence electrons. The number of likely N-dealkylation sites (N-methyl/N-ethyl adjacent to an activating group) is 1. The molecule has 2 N–H and O–H groups in total. The molecule has 0 saturated heterocycles. The standard InChI is InChI=1S/C12H28N2O2.6CH4/c1-3-13(4-2)9-10-14(7-5-11-15)8-6-12-16;;;;;;/h15-16H,3-12H2,1-2H3;6*1H4. The van der Waals surface area contributed by atoms with Crippen LogP contribution in [0.2, 0.25) is 0 Å². The molecular weight excluding hydrogens is 276 g/mol. The first-order valence-corrected chi connectivity index (χ1v) is 6.44. The lowest BCUT2D eigenvalue weighted by molar-refractivity contribution is 0.178. The minimum atomic E-state index is 0. The van der Waals surface area contributed by atoms with Crippen molar-refractivity contribution >= 4 is 0 Å². The van der Waals surface area contributed by atoms with Gasteiger partial charge in [-0.2, -0.15) is 0 Å². The summed E-state index contributed by atoms with van der Waals surface area (Å²) >= 11 is 0. The smallest absolute Gasteiger partial charge is 0.0443 e. The van der Waals surface area contributed by atoms with Crippen molar-refractivity contribution in [2.24, 2.45) is 0 Å². The lowest BCUT2D eigenvalue weighted by Crippen LogP contribution is -2.36. The zero-order chi connectivity index (χ0) is 12.2. The highest BCUT2D eigenvalue weighted by Gasteiger charge is 2.06. The third-order valence-corrected chi connectivity index (χ3v) is 2.89. The van der Waals surface area contributed by atoms with E-state index in [0.717, 1.165) is 52.1 Å². The summed E-state index contributed by atoms with van der Waals surface area (Å²) in [5.74, 6) is 0. The lowest BCUT2D eigenvalue weighted by Gasteiger charge is -2.25. The molecular formula is C18H52N2O2. The van der Waals surface area contributed by atoms with Crippen LogP contribution in [0.3, 0.4) is 0 Å². The van der Waals surface area contributed by atoms with Crippen LogP contribution in [0, 0.1) is 0 Å². The second-order valence-electron chi connectivity index (χ2n) is 4.02. The van der Waals surface area contributed by atoms with Crippen LogP contribution in [0.4, 0.5) is 0 Å². The van der Waals surface area contributed by atoms with Crippen LogP contribution in [0.15, 0.2) is 0 Å². The molecule has 0 aliphatic rings. The van der Waals surface area contributed by atoms with E-state index in [2.05, 4.69) is 23.6 Å². The fourth-order valence-corrected chi connectivity index (χ4v) is 1.75. The molecule has 0 amide bonds. The summed E-state index contributed by atoms with van der Waals surface area (Å²) in [6, 6.07) is 0. The van der Waals surface area contributed by atoms with Crippen molar-refractivity contribution in [1.82, 2.24) is 9.80 Å². The van der Waals surface area contributed by atoms with Gasteiger partial charge in [0.25, 0.3) is 0 Å². The molecule has 4 heteroatoms. The molecule has 0 unspecified atom stereocenters. The van der Waals surface area contributed by atoms with Crippen LogP contribution in [-0.2, 0) is 0 Å². The van der Waals surface area contributed by atoms with Gasteiger partial charge in [-0.3, -0.25) is 0 Å². The summed E-state index contributed by atoms with van der Waals surface area (Å²) in [4.78, 5) is 4.72. The van der Waals surface area contributed by atoms with Gasteiger partial charge in [0.15, 0.2) is 0 Å². The summed E-state index contributed by atoms with van der Waals surface area (Å²) in [6.07, 6.45) is 1.65. The number of hydrogen-bond donors (Lipinski definition) is 2. The highest BCUT2D eigenvalue weighted by molar-refractivity contribution is 4.62. The monoisotopic (exact) mass is 328 g/mol. The predicted molar refractivity (Wildman–Crippen MR) is 108 cm³/mol. The molecule has 0 fully saturated rings. The van der Waals surface area contributed by atoms with Gasteiger partial charge in [0.05, 0.1) is 0 Å². The van der Waals surface area contributed by atoms with E-state index in [1.54, 1.807) is 0 Å². The Morgan fingerprint density at radius 3 is 1.14 bits per heavy atom. The molecule has 0 radical (unpaired) electrons. The van der Waals surface area contributed by atoms with E-state index in [1.165, 1.54) is 0 Å². The van der Waals surface area contributed by atoms with Gasteiger partial charge < -0.3 is 20.0 Å². The van der Waals surface area contributed by atoms with Crippen LogP contribution < -0.4 is 0 Å². The minimum absolute atomic E-state index is 0. The van der Waals surface area contributed by atoms with Gasteiger partial charge in [0, 0.05) is 39.4 Å². The zero-order valence-corrected chi connectivity index (χ0v) is 10.9. The predicted octanol–water partition coefficient (Wildman–Crippen LogP) is 4.21. The Balaban J connectivity index is -0.0000000750. The average Bonchev–Trinajstić information content (AvgIpc) is 2.32. The van der Waals surface area contributed by atoms with Crippen LogP contribution in [-0.4, -0.2) is 72.5 Å². The van der Waals surface area contributed by atoms with Crippen molar-refractivity contribution in [2.75, 3.05) is 52.5 Å². The van der Waals surface area contributed by atoms with E-state index >= 15 is 0 Å². The van der Waals surface area contributed by atoms with Gasteiger partial charge in [0.1, 0.15) is 0 Å². The van der Waals surface area contributed by atoms with Gasteiger partial charge in [-0.1, -0.05) is 58.4 Å². The number of aliphatic hydroxyl groups is 2. The maximum absolute atomic E-state index is 8.82. The summed E-state index contributed by atoms with van der Waals surface area (Å²) in [5, 5.41) is 17.6. The normalized spacial score (nSPS) is 8.45. The Kier molecular flexibility index (Phi) is 64.0. The minimum Gasteiger partial charge on any atom is -0.396 e. The SMILES string of the molecule is C.C.C.C.C.C.CCN(CC)CCN(CCCO)CCCO. The first-order valence-electron chi connectivity index (χ1n) is 6.44. The van der Waals surface area contributed by atoms with Gasteiger partial charge in [-0.15, -0.1) is 0 Å². The summed E-state index contributed by atoms with van der Waals surface area (Å²) in [5.41, 5.74) is 0. The Labute approximate surface area is 144 Å². The van der Waals surface area contributed by atoms with Gasteiger partial charge >= 0.3 is 0 Å². The number of hydrogen-bond acceptors (Lipinski definition) is 4. The molecule has 0 aromatic carbocycles. The highest BCUT2D eigenvalue weighted by atomic mass is 16.3. The third kappa shape index (κ3) is 24.8.